The van der Waals surface area contributed by atoms with Crippen molar-refractivity contribution in [3.05, 3.63) is 60.2 Å². The number of benzene rings is 2. The number of nitrogens with one attached hydrogen (secondary N) is 1. The van der Waals surface area contributed by atoms with Crippen molar-refractivity contribution in [1.82, 2.24) is 4.31 Å². The van der Waals surface area contributed by atoms with Gasteiger partial charge < -0.3 is 5.32 Å². The quantitative estimate of drug-likeness (QED) is 0.570. The average Bonchev–Trinajstić information content (AvgIpc) is 2.66. The summed E-state index contributed by atoms with van der Waals surface area (Å²) in [6.07, 6.45) is 6.20. The second kappa shape index (κ2) is 10.3. The van der Waals surface area contributed by atoms with Crippen molar-refractivity contribution in [1.29, 1.82) is 0 Å². The van der Waals surface area contributed by atoms with Gasteiger partial charge in [0.15, 0.2) is 0 Å². The van der Waals surface area contributed by atoms with Gasteiger partial charge in [-0.25, -0.2) is 8.42 Å². The maximum atomic E-state index is 12.7. The molecular weight excluding hydrogens is 344 g/mol. The third-order valence-electron chi connectivity index (χ3n) is 4.42. The molecular formula is C21H30N2O2S. The molecule has 0 aliphatic carbocycles. The molecule has 5 heteroatoms. The molecule has 0 spiro atoms. The molecule has 1 N–H and O–H groups in total. The van der Waals surface area contributed by atoms with Crippen LogP contribution in [0.3, 0.4) is 0 Å². The summed E-state index contributed by atoms with van der Waals surface area (Å²) >= 11 is 0. The van der Waals surface area contributed by atoms with Crippen molar-refractivity contribution in [2.45, 2.75) is 50.5 Å². The Kier molecular flexibility index (Phi) is 8.13. The van der Waals surface area contributed by atoms with Gasteiger partial charge >= 0.3 is 0 Å². The fraction of sp³-hybridized carbons (Fsp3) is 0.429. The van der Waals surface area contributed by atoms with E-state index in [-0.39, 0.29) is 0 Å². The summed E-state index contributed by atoms with van der Waals surface area (Å²) in [4.78, 5) is 0.324. The highest BCUT2D eigenvalue weighted by molar-refractivity contribution is 7.89. The number of unbranched alkanes of at least 4 members (excludes halogenated alkanes) is 4. The Morgan fingerprint density at radius 3 is 2.19 bits per heavy atom. The van der Waals surface area contributed by atoms with Crippen LogP contribution >= 0.6 is 0 Å². The second-order valence-corrected chi connectivity index (χ2v) is 8.66. The van der Waals surface area contributed by atoms with E-state index in [1.54, 1.807) is 19.2 Å². The molecule has 0 saturated carbocycles. The monoisotopic (exact) mass is 374 g/mol. The first-order valence-corrected chi connectivity index (χ1v) is 10.8. The van der Waals surface area contributed by atoms with Crippen LogP contribution in [0.15, 0.2) is 59.5 Å². The van der Waals surface area contributed by atoms with E-state index in [9.17, 15) is 8.42 Å². The largest absolute Gasteiger partial charge is 0.385 e. The number of hydrogen-bond acceptors (Lipinski definition) is 3. The molecule has 4 nitrogen and oxygen atoms in total. The van der Waals surface area contributed by atoms with Crippen LogP contribution in [-0.4, -0.2) is 26.3 Å². The minimum Gasteiger partial charge on any atom is -0.385 e. The summed E-state index contributed by atoms with van der Waals surface area (Å²) in [5.74, 6) is 0. The number of rotatable bonds is 11. The van der Waals surface area contributed by atoms with Gasteiger partial charge in [-0.3, -0.25) is 0 Å². The van der Waals surface area contributed by atoms with E-state index in [2.05, 4.69) is 12.2 Å². The Morgan fingerprint density at radius 1 is 0.885 bits per heavy atom. The molecule has 0 bridgehead atoms. The predicted octanol–water partition coefficient (Wildman–Crippen LogP) is 4.89. The molecule has 0 aliphatic rings. The van der Waals surface area contributed by atoms with Crippen molar-refractivity contribution in [3.8, 4) is 0 Å². The highest BCUT2D eigenvalue weighted by Crippen LogP contribution is 2.19. The summed E-state index contributed by atoms with van der Waals surface area (Å²) in [5.41, 5.74) is 1.94. The Morgan fingerprint density at radius 2 is 1.54 bits per heavy atom. The molecule has 2 aromatic carbocycles. The van der Waals surface area contributed by atoms with Gasteiger partial charge in [0, 0.05) is 25.8 Å². The lowest BCUT2D eigenvalue weighted by Crippen LogP contribution is -2.26. The van der Waals surface area contributed by atoms with Crippen molar-refractivity contribution < 1.29 is 8.42 Å². The van der Waals surface area contributed by atoms with Gasteiger partial charge in [-0.15, -0.1) is 0 Å². The van der Waals surface area contributed by atoms with Gasteiger partial charge in [0.05, 0.1) is 4.90 Å². The van der Waals surface area contributed by atoms with Gasteiger partial charge in [-0.05, 0) is 36.2 Å². The molecule has 142 valence electrons. The van der Waals surface area contributed by atoms with E-state index in [1.807, 2.05) is 42.5 Å². The number of sulfonamides is 1. The van der Waals surface area contributed by atoms with Crippen LogP contribution < -0.4 is 5.32 Å². The first-order valence-electron chi connectivity index (χ1n) is 9.38. The van der Waals surface area contributed by atoms with Gasteiger partial charge in [-0.1, -0.05) is 62.9 Å². The van der Waals surface area contributed by atoms with Gasteiger partial charge in [0.2, 0.25) is 10.0 Å². The molecule has 0 unspecified atom stereocenters. The lowest BCUT2D eigenvalue weighted by Gasteiger charge is -2.17. The molecule has 0 aliphatic heterocycles. The zero-order chi connectivity index (χ0) is 18.8. The Balaban J connectivity index is 1.89. The summed E-state index contributed by atoms with van der Waals surface area (Å²) in [6.45, 7) is 3.50. The van der Waals surface area contributed by atoms with Gasteiger partial charge in [0.25, 0.3) is 0 Å². The van der Waals surface area contributed by atoms with Crippen LogP contribution in [0.2, 0.25) is 0 Å². The molecule has 0 amide bonds. The first-order chi connectivity index (χ1) is 12.5. The summed E-state index contributed by atoms with van der Waals surface area (Å²) < 4.78 is 26.8. The average molecular weight is 375 g/mol. The zero-order valence-electron chi connectivity index (χ0n) is 15.8. The smallest absolute Gasteiger partial charge is 0.243 e. The number of nitrogens with zero attached hydrogens (tertiary/aromatic N) is 1. The van der Waals surface area contributed by atoms with Crippen LogP contribution in [0, 0.1) is 0 Å². The van der Waals surface area contributed by atoms with Crippen LogP contribution in [0.25, 0.3) is 0 Å². The predicted molar refractivity (Wildman–Crippen MR) is 109 cm³/mol. The highest BCUT2D eigenvalue weighted by Gasteiger charge is 2.20. The summed E-state index contributed by atoms with van der Waals surface area (Å²) in [7, 11) is -1.87. The lowest BCUT2D eigenvalue weighted by molar-refractivity contribution is 0.467. The topological polar surface area (TPSA) is 49.4 Å². The van der Waals surface area contributed by atoms with Crippen LogP contribution in [0.4, 0.5) is 5.69 Å². The van der Waals surface area contributed by atoms with Crippen molar-refractivity contribution in [2.75, 3.05) is 18.9 Å². The minimum absolute atomic E-state index is 0.324. The van der Waals surface area contributed by atoms with Gasteiger partial charge in [-0.2, -0.15) is 4.31 Å². The zero-order valence-corrected chi connectivity index (χ0v) is 16.6. The van der Waals surface area contributed by atoms with Crippen molar-refractivity contribution in [3.63, 3.8) is 0 Å². The van der Waals surface area contributed by atoms with E-state index in [0.29, 0.717) is 11.4 Å². The van der Waals surface area contributed by atoms with E-state index in [4.69, 9.17) is 0 Å². The minimum atomic E-state index is -3.48. The van der Waals surface area contributed by atoms with E-state index >= 15 is 0 Å². The van der Waals surface area contributed by atoms with Gasteiger partial charge in [0.1, 0.15) is 0 Å². The molecule has 0 fully saturated rings. The molecule has 0 radical (unpaired) electrons. The Bertz CT molecular complexity index is 743. The molecule has 0 saturated heterocycles. The normalized spacial score (nSPS) is 11.7. The third-order valence-corrected chi connectivity index (χ3v) is 6.24. The maximum Gasteiger partial charge on any atom is 0.243 e. The summed E-state index contributed by atoms with van der Waals surface area (Å²) in [5, 5.41) is 3.36. The van der Waals surface area contributed by atoms with E-state index < -0.39 is 10.0 Å². The molecule has 0 aromatic heterocycles. The fourth-order valence-corrected chi connectivity index (χ4v) is 3.97. The number of anilines is 1. The van der Waals surface area contributed by atoms with Crippen molar-refractivity contribution >= 4 is 15.7 Å². The Hall–Kier alpha value is -1.85. The second-order valence-electron chi connectivity index (χ2n) is 6.61. The maximum absolute atomic E-state index is 12.7. The highest BCUT2D eigenvalue weighted by atomic mass is 32.2. The third kappa shape index (κ3) is 6.15. The number of hydrogen-bond donors (Lipinski definition) is 1. The molecule has 2 aromatic rings. The Labute approximate surface area is 158 Å². The molecule has 0 atom stereocenters. The lowest BCUT2D eigenvalue weighted by atomic mass is 10.1. The van der Waals surface area contributed by atoms with E-state index in [0.717, 1.165) is 24.2 Å². The first kappa shape index (κ1) is 20.5. The SMILES string of the molecule is CCCCCCCNc1ccc(S(=O)(=O)N(C)Cc2ccccc2)cc1. The summed E-state index contributed by atoms with van der Waals surface area (Å²) in [6, 6.07) is 16.7. The fourth-order valence-electron chi connectivity index (χ4n) is 2.81. The van der Waals surface area contributed by atoms with Crippen LogP contribution in [0.1, 0.15) is 44.6 Å². The molecule has 0 heterocycles. The molecule has 2 rings (SSSR count). The van der Waals surface area contributed by atoms with Crippen molar-refractivity contribution in [2.24, 2.45) is 0 Å². The molecule has 26 heavy (non-hydrogen) atoms. The van der Waals surface area contributed by atoms with E-state index in [1.165, 1.54) is 30.0 Å². The van der Waals surface area contributed by atoms with Crippen LogP contribution in [-0.2, 0) is 16.6 Å². The van der Waals surface area contributed by atoms with Crippen LogP contribution in [0.5, 0.6) is 0 Å². The standard InChI is InChI=1S/C21H30N2O2S/c1-3-4-5-6-10-17-22-20-13-15-21(16-14-20)26(24,25)23(2)18-19-11-8-7-9-12-19/h7-9,11-16,22H,3-6,10,17-18H2,1-2H3.